The second-order valence-electron chi connectivity index (χ2n) is 6.96. The van der Waals surface area contributed by atoms with E-state index in [0.717, 1.165) is 21.5 Å². The highest BCUT2D eigenvalue weighted by Crippen LogP contribution is 2.26. The van der Waals surface area contributed by atoms with E-state index in [1.54, 1.807) is 6.07 Å². The van der Waals surface area contributed by atoms with Gasteiger partial charge in [-0.05, 0) is 24.6 Å². The van der Waals surface area contributed by atoms with Gasteiger partial charge in [-0.1, -0.05) is 41.9 Å². The fourth-order valence-electron chi connectivity index (χ4n) is 3.37. The summed E-state index contributed by atoms with van der Waals surface area (Å²) in [4.78, 5) is 39.6. The van der Waals surface area contributed by atoms with Crippen molar-refractivity contribution in [1.29, 1.82) is 0 Å². The van der Waals surface area contributed by atoms with Gasteiger partial charge in [0.25, 0.3) is 5.56 Å². The fraction of sp³-hybridized carbons (Fsp3) is 0.136. The lowest BCUT2D eigenvalue weighted by molar-refractivity contribution is 0.0704. The summed E-state index contributed by atoms with van der Waals surface area (Å²) in [6.07, 6.45) is 0.492. The first-order valence-electron chi connectivity index (χ1n) is 9.35. The molecular formula is C22H17ClN2O5S. The van der Waals surface area contributed by atoms with Gasteiger partial charge in [0.15, 0.2) is 0 Å². The number of thiophene rings is 1. The molecule has 7 nitrogen and oxygen atoms in total. The van der Waals surface area contributed by atoms with Crippen molar-refractivity contribution in [3.05, 3.63) is 90.2 Å². The molecule has 0 saturated heterocycles. The third-order valence-corrected chi connectivity index (χ3v) is 6.00. The second kappa shape index (κ2) is 8.41. The number of nitrogens with zero attached hydrogens (tertiary/aromatic N) is 1. The first kappa shape index (κ1) is 20.9. The minimum atomic E-state index is -1.24. The van der Waals surface area contributed by atoms with Crippen LogP contribution in [0.5, 0.6) is 5.75 Å². The zero-order valence-corrected chi connectivity index (χ0v) is 17.9. The summed E-state index contributed by atoms with van der Waals surface area (Å²) in [6, 6.07) is 14.5. The number of H-pyrrole nitrogens is 1. The van der Waals surface area contributed by atoms with E-state index < -0.39 is 17.2 Å². The molecule has 0 aliphatic heterocycles. The number of aromatic carboxylic acids is 1. The first-order valence-corrected chi connectivity index (χ1v) is 10.6. The van der Waals surface area contributed by atoms with Crippen LogP contribution in [0.3, 0.4) is 0 Å². The average molecular weight is 457 g/mol. The zero-order chi connectivity index (χ0) is 22.1. The van der Waals surface area contributed by atoms with Crippen molar-refractivity contribution < 1.29 is 14.6 Å². The Hall–Kier alpha value is -3.36. The quantitative estimate of drug-likeness (QED) is 0.454. The third-order valence-electron chi connectivity index (χ3n) is 4.71. The topological polar surface area (TPSA) is 101 Å². The third kappa shape index (κ3) is 4.12. The Morgan fingerprint density at radius 3 is 2.68 bits per heavy atom. The highest BCUT2D eigenvalue weighted by molar-refractivity contribution is 7.13. The Morgan fingerprint density at radius 2 is 1.97 bits per heavy atom. The zero-order valence-electron chi connectivity index (χ0n) is 16.3. The van der Waals surface area contributed by atoms with E-state index in [9.17, 15) is 19.5 Å². The molecule has 0 aliphatic carbocycles. The van der Waals surface area contributed by atoms with Crippen LogP contribution in [-0.4, -0.2) is 26.7 Å². The number of ether oxygens (including phenoxy) is 1. The molecule has 0 fully saturated rings. The second-order valence-corrected chi connectivity index (χ2v) is 8.25. The summed E-state index contributed by atoms with van der Waals surface area (Å²) in [5.41, 5.74) is -0.0752. The monoisotopic (exact) mass is 456 g/mol. The van der Waals surface area contributed by atoms with Crippen LogP contribution in [0.4, 0.5) is 0 Å². The van der Waals surface area contributed by atoms with Gasteiger partial charge in [0.1, 0.15) is 10.6 Å². The van der Waals surface area contributed by atoms with Gasteiger partial charge < -0.3 is 14.8 Å². The molecule has 2 aromatic carbocycles. The maximum Gasteiger partial charge on any atom is 0.346 e. The molecule has 1 atom stereocenters. The number of carboxylic acid groups (broad SMARTS) is 1. The number of nitrogens with one attached hydrogen (secondary N) is 1. The number of aromatic amines is 1. The van der Waals surface area contributed by atoms with Crippen LogP contribution in [0.25, 0.3) is 16.6 Å². The molecule has 2 N–H and O–H groups in total. The van der Waals surface area contributed by atoms with Crippen LogP contribution in [-0.2, 0) is 6.42 Å². The first-order chi connectivity index (χ1) is 14.8. The maximum atomic E-state index is 13.0. The summed E-state index contributed by atoms with van der Waals surface area (Å²) in [6.45, 7) is 1.91. The molecule has 158 valence electrons. The minimum absolute atomic E-state index is 0.0723. The Labute approximate surface area is 185 Å². The lowest BCUT2D eigenvalue weighted by atomic mass is 10.1. The highest BCUT2D eigenvalue weighted by atomic mass is 35.5. The van der Waals surface area contributed by atoms with Gasteiger partial charge in [-0.25, -0.2) is 14.2 Å². The Morgan fingerprint density at radius 1 is 1.23 bits per heavy atom. The molecule has 1 unspecified atom stereocenters. The van der Waals surface area contributed by atoms with Crippen LogP contribution in [0, 0.1) is 0 Å². The lowest BCUT2D eigenvalue weighted by Crippen LogP contribution is -2.34. The number of rotatable bonds is 6. The number of halogens is 1. The van der Waals surface area contributed by atoms with Crippen LogP contribution >= 0.6 is 22.9 Å². The van der Waals surface area contributed by atoms with Crippen molar-refractivity contribution in [2.24, 2.45) is 0 Å². The van der Waals surface area contributed by atoms with Crippen LogP contribution < -0.4 is 16.0 Å². The Kier molecular flexibility index (Phi) is 5.67. The van der Waals surface area contributed by atoms with Crippen molar-refractivity contribution in [3.63, 3.8) is 0 Å². The van der Waals surface area contributed by atoms with E-state index in [4.69, 9.17) is 16.3 Å². The number of aromatic nitrogens is 2. The van der Waals surface area contributed by atoms with E-state index in [2.05, 4.69) is 4.98 Å². The molecule has 0 spiro atoms. The smallest absolute Gasteiger partial charge is 0.346 e. The van der Waals surface area contributed by atoms with Gasteiger partial charge in [-0.3, -0.25) is 4.79 Å². The Balaban J connectivity index is 1.74. The van der Waals surface area contributed by atoms with E-state index in [1.807, 2.05) is 37.3 Å². The number of fused-ring (bicyclic) bond motifs is 1. The number of carboxylic acids is 1. The largest absolute Gasteiger partial charge is 0.490 e. The summed E-state index contributed by atoms with van der Waals surface area (Å²) < 4.78 is 6.80. The highest BCUT2D eigenvalue weighted by Gasteiger charge is 2.20. The molecule has 9 heteroatoms. The SMILES string of the molecule is CC(Cc1ccccc1)Oc1ccc(Cl)c(-n2c(=O)[nH]c3csc(C(=O)O)c3c2=O)c1. The number of hydrogen-bond donors (Lipinski definition) is 2. The average Bonchev–Trinajstić information content (AvgIpc) is 3.15. The van der Waals surface area contributed by atoms with Crippen LogP contribution in [0.2, 0.25) is 5.02 Å². The summed E-state index contributed by atoms with van der Waals surface area (Å²) in [5, 5.41) is 10.9. The van der Waals surface area contributed by atoms with Crippen LogP contribution in [0.15, 0.2) is 63.5 Å². The maximum absolute atomic E-state index is 13.0. The molecule has 31 heavy (non-hydrogen) atoms. The molecule has 0 saturated carbocycles. The van der Waals surface area contributed by atoms with E-state index in [1.165, 1.54) is 17.5 Å². The molecule has 0 aliphatic rings. The van der Waals surface area contributed by atoms with Gasteiger partial charge in [0.2, 0.25) is 0 Å². The summed E-state index contributed by atoms with van der Waals surface area (Å²) in [7, 11) is 0. The molecule has 4 aromatic rings. The van der Waals surface area contributed by atoms with Gasteiger partial charge in [-0.15, -0.1) is 11.3 Å². The van der Waals surface area contributed by atoms with Crippen molar-refractivity contribution in [3.8, 4) is 11.4 Å². The molecule has 0 radical (unpaired) electrons. The molecule has 4 rings (SSSR count). The van der Waals surface area contributed by atoms with E-state index >= 15 is 0 Å². The minimum Gasteiger partial charge on any atom is -0.490 e. The summed E-state index contributed by atoms with van der Waals surface area (Å²) >= 11 is 7.16. The van der Waals surface area contributed by atoms with Crippen molar-refractivity contribution >= 4 is 39.8 Å². The molecule has 0 amide bonds. The molecule has 2 heterocycles. The van der Waals surface area contributed by atoms with Crippen molar-refractivity contribution in [1.82, 2.24) is 9.55 Å². The van der Waals surface area contributed by atoms with Gasteiger partial charge in [0, 0.05) is 17.9 Å². The van der Waals surface area contributed by atoms with Gasteiger partial charge in [0.05, 0.1) is 27.7 Å². The lowest BCUT2D eigenvalue weighted by Gasteiger charge is -2.16. The van der Waals surface area contributed by atoms with E-state index in [-0.39, 0.29) is 32.6 Å². The summed E-state index contributed by atoms with van der Waals surface area (Å²) in [5.74, 6) is -0.813. The van der Waals surface area contributed by atoms with Crippen molar-refractivity contribution in [2.75, 3.05) is 0 Å². The molecule has 0 bridgehead atoms. The standard InChI is InChI=1S/C22H17ClN2O5S/c1-12(9-13-5-3-2-4-6-13)30-14-7-8-15(23)17(10-14)25-20(26)18-16(24-22(25)29)11-31-19(18)21(27)28/h2-8,10-12H,9H2,1H3,(H,24,29)(H,27,28). The predicted octanol–water partition coefficient (Wildman–Crippen LogP) is 4.10. The van der Waals surface area contributed by atoms with Gasteiger partial charge in [-0.2, -0.15) is 0 Å². The Bertz CT molecular complexity index is 1390. The number of benzene rings is 2. The van der Waals surface area contributed by atoms with Gasteiger partial charge >= 0.3 is 11.7 Å². The number of carbonyl (C=O) groups is 1. The predicted molar refractivity (Wildman–Crippen MR) is 120 cm³/mol. The molecular weight excluding hydrogens is 440 g/mol. The van der Waals surface area contributed by atoms with Crippen LogP contribution in [0.1, 0.15) is 22.2 Å². The fourth-order valence-corrected chi connectivity index (χ4v) is 4.40. The number of hydrogen-bond acceptors (Lipinski definition) is 5. The van der Waals surface area contributed by atoms with E-state index in [0.29, 0.717) is 12.2 Å². The van der Waals surface area contributed by atoms with Crippen molar-refractivity contribution in [2.45, 2.75) is 19.4 Å². The normalized spacial score (nSPS) is 12.1. The molecule has 2 aromatic heterocycles.